The third-order valence-corrected chi connectivity index (χ3v) is 3.43. The van der Waals surface area contributed by atoms with E-state index in [9.17, 15) is 0 Å². The summed E-state index contributed by atoms with van der Waals surface area (Å²) in [6.07, 6.45) is 7.61. The van der Waals surface area contributed by atoms with E-state index >= 15 is 0 Å². The van der Waals surface area contributed by atoms with Crippen LogP contribution in [0, 0.1) is 0 Å². The second kappa shape index (κ2) is 5.36. The molecule has 0 atom stereocenters. The van der Waals surface area contributed by atoms with Crippen molar-refractivity contribution in [2.75, 3.05) is 18.4 Å². The van der Waals surface area contributed by atoms with Gasteiger partial charge >= 0.3 is 0 Å². The molecule has 100 valence electrons. The smallest absolute Gasteiger partial charge is 0.144 e. The molecule has 3 heterocycles. The molecule has 1 aliphatic heterocycles. The van der Waals surface area contributed by atoms with Gasteiger partial charge in [0.25, 0.3) is 0 Å². The van der Waals surface area contributed by atoms with E-state index < -0.39 is 0 Å². The second-order valence-electron chi connectivity index (χ2n) is 4.80. The summed E-state index contributed by atoms with van der Waals surface area (Å²) in [7, 11) is 1.90. The Kier molecular flexibility index (Phi) is 3.41. The summed E-state index contributed by atoms with van der Waals surface area (Å²) in [5.74, 6) is 0.845. The molecular weight excluding hydrogens is 240 g/mol. The molecule has 2 aromatic rings. The van der Waals surface area contributed by atoms with Crippen LogP contribution in [-0.4, -0.2) is 38.9 Å². The van der Waals surface area contributed by atoms with E-state index in [1.54, 1.807) is 23.3 Å². The SMILES string of the molecule is Cn1nccc1-c1cnc(NC2CCNCC2)cn1. The number of aromatic nitrogens is 4. The van der Waals surface area contributed by atoms with Gasteiger partial charge in [-0.05, 0) is 32.0 Å². The number of hydrogen-bond donors (Lipinski definition) is 2. The highest BCUT2D eigenvalue weighted by atomic mass is 15.3. The molecule has 0 unspecified atom stereocenters. The van der Waals surface area contributed by atoms with Gasteiger partial charge in [-0.2, -0.15) is 5.10 Å². The summed E-state index contributed by atoms with van der Waals surface area (Å²) in [6.45, 7) is 2.14. The second-order valence-corrected chi connectivity index (χ2v) is 4.80. The van der Waals surface area contributed by atoms with Crippen LogP contribution in [0.4, 0.5) is 5.82 Å². The van der Waals surface area contributed by atoms with Crippen LogP contribution in [0.3, 0.4) is 0 Å². The zero-order valence-electron chi connectivity index (χ0n) is 11.0. The third-order valence-electron chi connectivity index (χ3n) is 3.43. The molecule has 3 rings (SSSR count). The quantitative estimate of drug-likeness (QED) is 0.861. The van der Waals surface area contributed by atoms with Gasteiger partial charge in [0, 0.05) is 19.3 Å². The largest absolute Gasteiger partial charge is 0.366 e. The number of piperidine rings is 1. The van der Waals surface area contributed by atoms with Gasteiger partial charge in [-0.25, -0.2) is 9.97 Å². The first-order valence-electron chi connectivity index (χ1n) is 6.60. The van der Waals surface area contributed by atoms with Crippen LogP contribution in [-0.2, 0) is 7.05 Å². The Morgan fingerprint density at radius 3 is 2.74 bits per heavy atom. The van der Waals surface area contributed by atoms with Crippen LogP contribution >= 0.6 is 0 Å². The topological polar surface area (TPSA) is 67.7 Å². The Morgan fingerprint density at radius 1 is 1.26 bits per heavy atom. The van der Waals surface area contributed by atoms with E-state index in [2.05, 4.69) is 25.7 Å². The van der Waals surface area contributed by atoms with E-state index in [1.807, 2.05) is 13.1 Å². The van der Waals surface area contributed by atoms with Crippen LogP contribution in [0.2, 0.25) is 0 Å². The molecule has 2 N–H and O–H groups in total. The molecule has 0 radical (unpaired) electrons. The highest BCUT2D eigenvalue weighted by Crippen LogP contribution is 2.16. The maximum absolute atomic E-state index is 4.45. The Morgan fingerprint density at radius 2 is 2.11 bits per heavy atom. The van der Waals surface area contributed by atoms with Crippen LogP contribution < -0.4 is 10.6 Å². The van der Waals surface area contributed by atoms with Crippen molar-refractivity contribution in [1.29, 1.82) is 0 Å². The molecule has 0 bridgehead atoms. The van der Waals surface area contributed by atoms with Crippen molar-refractivity contribution >= 4 is 5.82 Å². The minimum atomic E-state index is 0.498. The zero-order chi connectivity index (χ0) is 13.1. The maximum Gasteiger partial charge on any atom is 0.144 e. The normalized spacial score (nSPS) is 16.5. The fraction of sp³-hybridized carbons (Fsp3) is 0.462. The van der Waals surface area contributed by atoms with Crippen molar-refractivity contribution in [1.82, 2.24) is 25.1 Å². The zero-order valence-corrected chi connectivity index (χ0v) is 11.0. The lowest BCUT2D eigenvalue weighted by Crippen LogP contribution is -2.35. The molecule has 1 saturated heterocycles. The molecular formula is C13H18N6. The average molecular weight is 258 g/mol. The minimum Gasteiger partial charge on any atom is -0.366 e. The molecule has 0 aliphatic carbocycles. The van der Waals surface area contributed by atoms with Gasteiger partial charge in [0.05, 0.1) is 18.1 Å². The van der Waals surface area contributed by atoms with E-state index in [0.29, 0.717) is 6.04 Å². The van der Waals surface area contributed by atoms with E-state index in [1.165, 1.54) is 0 Å². The fourth-order valence-electron chi connectivity index (χ4n) is 2.34. The molecule has 6 heteroatoms. The van der Waals surface area contributed by atoms with Crippen molar-refractivity contribution in [2.24, 2.45) is 7.05 Å². The summed E-state index contributed by atoms with van der Waals surface area (Å²) in [4.78, 5) is 8.88. The molecule has 0 aromatic carbocycles. The summed E-state index contributed by atoms with van der Waals surface area (Å²) in [6, 6.07) is 2.43. The van der Waals surface area contributed by atoms with E-state index in [0.717, 1.165) is 43.1 Å². The summed E-state index contributed by atoms with van der Waals surface area (Å²) >= 11 is 0. The van der Waals surface area contributed by atoms with Gasteiger partial charge in [-0.15, -0.1) is 0 Å². The van der Waals surface area contributed by atoms with Gasteiger partial charge in [-0.1, -0.05) is 0 Å². The Hall–Kier alpha value is -1.95. The first-order valence-corrected chi connectivity index (χ1v) is 6.60. The van der Waals surface area contributed by atoms with Crippen LogP contribution in [0.1, 0.15) is 12.8 Å². The van der Waals surface area contributed by atoms with Gasteiger partial charge in [0.2, 0.25) is 0 Å². The number of rotatable bonds is 3. The lowest BCUT2D eigenvalue weighted by Gasteiger charge is -2.23. The fourth-order valence-corrected chi connectivity index (χ4v) is 2.34. The van der Waals surface area contributed by atoms with Crippen molar-refractivity contribution in [3.63, 3.8) is 0 Å². The van der Waals surface area contributed by atoms with Crippen molar-refractivity contribution in [3.05, 3.63) is 24.7 Å². The van der Waals surface area contributed by atoms with Gasteiger partial charge in [0.1, 0.15) is 11.5 Å². The predicted octanol–water partition coefficient (Wildman–Crippen LogP) is 1.04. The number of nitrogens with one attached hydrogen (secondary N) is 2. The third kappa shape index (κ3) is 2.73. The first kappa shape index (κ1) is 12.1. The van der Waals surface area contributed by atoms with Crippen molar-refractivity contribution in [2.45, 2.75) is 18.9 Å². The molecule has 0 amide bonds. The van der Waals surface area contributed by atoms with E-state index in [-0.39, 0.29) is 0 Å². The number of anilines is 1. The molecule has 1 fully saturated rings. The maximum atomic E-state index is 4.45. The van der Waals surface area contributed by atoms with Crippen molar-refractivity contribution in [3.8, 4) is 11.4 Å². The van der Waals surface area contributed by atoms with Gasteiger partial charge in [-0.3, -0.25) is 4.68 Å². The first-order chi connectivity index (χ1) is 9.33. The summed E-state index contributed by atoms with van der Waals surface area (Å²) < 4.78 is 1.80. The average Bonchev–Trinajstić information content (AvgIpc) is 2.87. The molecule has 0 spiro atoms. The van der Waals surface area contributed by atoms with Crippen molar-refractivity contribution < 1.29 is 0 Å². The molecule has 0 saturated carbocycles. The number of hydrogen-bond acceptors (Lipinski definition) is 5. The molecule has 1 aliphatic rings. The Labute approximate surface area is 112 Å². The lowest BCUT2D eigenvalue weighted by molar-refractivity contribution is 0.478. The summed E-state index contributed by atoms with van der Waals surface area (Å²) in [5.41, 5.74) is 1.82. The number of aryl methyl sites for hydroxylation is 1. The van der Waals surface area contributed by atoms with Crippen LogP contribution in [0.25, 0.3) is 11.4 Å². The monoisotopic (exact) mass is 258 g/mol. The standard InChI is InChI=1S/C13H18N6/c1-19-12(4-7-17-19)11-8-16-13(9-15-11)18-10-2-5-14-6-3-10/h4,7-10,14H,2-3,5-6H2,1H3,(H,16,18). The number of nitrogens with zero attached hydrogens (tertiary/aromatic N) is 4. The van der Waals surface area contributed by atoms with Gasteiger partial charge in [0.15, 0.2) is 0 Å². The lowest BCUT2D eigenvalue weighted by atomic mass is 10.1. The predicted molar refractivity (Wildman–Crippen MR) is 73.7 cm³/mol. The highest BCUT2D eigenvalue weighted by molar-refractivity contribution is 5.53. The van der Waals surface area contributed by atoms with Crippen LogP contribution in [0.15, 0.2) is 24.7 Å². The Bertz CT molecular complexity index is 526. The molecule has 2 aromatic heterocycles. The Balaban J connectivity index is 1.70. The minimum absolute atomic E-state index is 0.498. The summed E-state index contributed by atoms with van der Waals surface area (Å²) in [5, 5.41) is 10.9. The molecule has 6 nitrogen and oxygen atoms in total. The van der Waals surface area contributed by atoms with Gasteiger partial charge < -0.3 is 10.6 Å². The highest BCUT2D eigenvalue weighted by Gasteiger charge is 2.13. The van der Waals surface area contributed by atoms with Crippen LogP contribution in [0.5, 0.6) is 0 Å². The molecule has 19 heavy (non-hydrogen) atoms. The van der Waals surface area contributed by atoms with E-state index in [4.69, 9.17) is 0 Å².